The molecule has 7 heavy (non-hydrogen) atoms. The fraction of sp³-hybridized carbons (Fsp3) is 0.750. The van der Waals surface area contributed by atoms with Crippen LogP contribution in [0.15, 0.2) is 0 Å². The number of ether oxygens (including phenoxy) is 1. The summed E-state index contributed by atoms with van der Waals surface area (Å²) >= 11 is 0. The average molecular weight is 201 g/mol. The number of carbonyl (C=O) groups is 1. The molecule has 0 aromatic carbocycles. The second-order valence-electron chi connectivity index (χ2n) is 0.925. The van der Waals surface area contributed by atoms with Crippen molar-refractivity contribution in [1.29, 1.82) is 0 Å². The van der Waals surface area contributed by atoms with Crippen LogP contribution in [0.3, 0.4) is 0 Å². The minimum atomic E-state index is -0.211. The number of esters is 1. The molecule has 0 bridgehead atoms. The minimum absolute atomic E-state index is 0. The summed E-state index contributed by atoms with van der Waals surface area (Å²) < 4.78 is 4.40. The van der Waals surface area contributed by atoms with E-state index >= 15 is 0 Å². The molecule has 0 heterocycles. The molecule has 0 saturated carbocycles. The average Bonchev–Trinajstić information content (AvgIpc) is 1.35. The summed E-state index contributed by atoms with van der Waals surface area (Å²) in [5, 5.41) is 0. The molecule has 0 N–H and O–H groups in total. The van der Waals surface area contributed by atoms with Crippen LogP contribution >= 0.6 is 0 Å². The Morgan fingerprint density at radius 2 is 2.14 bits per heavy atom. The summed E-state index contributed by atoms with van der Waals surface area (Å²) in [6.07, 6.45) is 0. The fourth-order valence-electron chi connectivity index (χ4n) is 0.203. The normalized spacial score (nSPS) is 6.57. The maximum absolute atomic E-state index is 9.82. The van der Waals surface area contributed by atoms with Crippen molar-refractivity contribution in [3.05, 3.63) is 0 Å². The smallest absolute Gasteiger partial charge is 0.302 e. The van der Waals surface area contributed by atoms with Gasteiger partial charge < -0.3 is 4.74 Å². The first-order chi connectivity index (χ1) is 2.77. The third-order valence-electron chi connectivity index (χ3n) is 0.348. The van der Waals surface area contributed by atoms with E-state index in [1.54, 1.807) is 6.92 Å². The molecule has 3 heteroatoms. The van der Waals surface area contributed by atoms with Gasteiger partial charge in [-0.25, -0.2) is 0 Å². The Kier molecular flexibility index (Phi) is 9.49. The first kappa shape index (κ1) is 10.4. The van der Waals surface area contributed by atoms with Crippen molar-refractivity contribution in [1.82, 2.24) is 0 Å². The number of carbonyl (C=O) groups excluding carboxylic acids is 1. The topological polar surface area (TPSA) is 26.3 Å². The molecular formula is C4H8CdO2. The van der Waals surface area contributed by atoms with Crippen LogP contribution in [0.1, 0.15) is 13.8 Å². The maximum atomic E-state index is 9.82. The molecule has 0 aromatic rings. The van der Waals surface area contributed by atoms with E-state index in [1.807, 2.05) is 0 Å². The summed E-state index contributed by atoms with van der Waals surface area (Å²) in [4.78, 5) is 9.82. The Bertz CT molecular complexity index is 53.7. The van der Waals surface area contributed by atoms with E-state index in [0.717, 1.165) is 0 Å². The van der Waals surface area contributed by atoms with Crippen molar-refractivity contribution >= 4 is 5.97 Å². The summed E-state index contributed by atoms with van der Waals surface area (Å²) in [6, 6.07) is 0. The van der Waals surface area contributed by atoms with Crippen LogP contribution in [0.4, 0.5) is 0 Å². The minimum Gasteiger partial charge on any atom is -0.466 e. The summed E-state index contributed by atoms with van der Waals surface area (Å²) in [7, 11) is 0. The molecule has 0 fully saturated rings. The van der Waals surface area contributed by atoms with E-state index < -0.39 is 0 Å². The molecule has 0 spiro atoms. The predicted octanol–water partition coefficient (Wildman–Crippen LogP) is 0.567. The number of hydrogen-bond donors (Lipinski definition) is 0. The second-order valence-corrected chi connectivity index (χ2v) is 0.925. The molecule has 0 unspecified atom stereocenters. The van der Waals surface area contributed by atoms with E-state index in [9.17, 15) is 4.79 Å². The molecule has 0 aromatic heterocycles. The van der Waals surface area contributed by atoms with Gasteiger partial charge in [0.15, 0.2) is 0 Å². The molecule has 0 aliphatic rings. The van der Waals surface area contributed by atoms with Gasteiger partial charge in [-0.1, -0.05) is 0 Å². The number of hydrogen-bond acceptors (Lipinski definition) is 2. The van der Waals surface area contributed by atoms with Gasteiger partial charge in [-0.2, -0.15) is 0 Å². The monoisotopic (exact) mass is 202 g/mol. The fourth-order valence-corrected chi connectivity index (χ4v) is 0.203. The Hall–Kier alpha value is 0.392. The molecule has 0 saturated heterocycles. The molecule has 0 aliphatic carbocycles. The molecular weight excluding hydrogens is 192 g/mol. The van der Waals surface area contributed by atoms with Gasteiger partial charge in [0, 0.05) is 34.2 Å². The van der Waals surface area contributed by atoms with Gasteiger partial charge in [0.2, 0.25) is 0 Å². The van der Waals surface area contributed by atoms with Gasteiger partial charge in [-0.15, -0.1) is 0 Å². The van der Waals surface area contributed by atoms with Crippen molar-refractivity contribution in [2.75, 3.05) is 6.61 Å². The first-order valence-corrected chi connectivity index (χ1v) is 1.90. The van der Waals surface area contributed by atoms with Gasteiger partial charge in [0.25, 0.3) is 0 Å². The molecule has 0 aliphatic heterocycles. The van der Waals surface area contributed by atoms with Crippen LogP contribution in [0, 0.1) is 0 Å². The van der Waals surface area contributed by atoms with Crippen LogP contribution < -0.4 is 0 Å². The van der Waals surface area contributed by atoms with Gasteiger partial charge in [0.05, 0.1) is 6.61 Å². The zero-order chi connectivity index (χ0) is 4.99. The van der Waals surface area contributed by atoms with Crippen molar-refractivity contribution in [3.63, 3.8) is 0 Å². The van der Waals surface area contributed by atoms with Crippen molar-refractivity contribution in [2.45, 2.75) is 13.8 Å². The van der Waals surface area contributed by atoms with E-state index in [0.29, 0.717) is 6.61 Å². The van der Waals surface area contributed by atoms with E-state index in [2.05, 4.69) is 4.74 Å². The van der Waals surface area contributed by atoms with E-state index in [-0.39, 0.29) is 33.3 Å². The Labute approximate surface area is 63.4 Å². The van der Waals surface area contributed by atoms with Crippen LogP contribution in [-0.2, 0) is 36.8 Å². The largest absolute Gasteiger partial charge is 0.466 e. The van der Waals surface area contributed by atoms with Gasteiger partial charge in [0.1, 0.15) is 0 Å². The van der Waals surface area contributed by atoms with E-state index in [1.165, 1.54) is 6.92 Å². The second kappa shape index (κ2) is 6.39. The Balaban J connectivity index is 0. The Morgan fingerprint density at radius 1 is 1.71 bits per heavy atom. The van der Waals surface area contributed by atoms with Crippen LogP contribution in [0.25, 0.3) is 0 Å². The standard InChI is InChI=1S/C4H8O2.Cd/c1-3-6-4(2)5;/h3H2,1-2H3;. The summed E-state index contributed by atoms with van der Waals surface area (Å²) in [6.45, 7) is 3.65. The van der Waals surface area contributed by atoms with Crippen molar-refractivity contribution in [2.24, 2.45) is 0 Å². The van der Waals surface area contributed by atoms with Crippen molar-refractivity contribution in [3.8, 4) is 0 Å². The predicted molar refractivity (Wildman–Crippen MR) is 22.3 cm³/mol. The van der Waals surface area contributed by atoms with Crippen LogP contribution in [0.5, 0.6) is 0 Å². The first-order valence-electron chi connectivity index (χ1n) is 1.90. The summed E-state index contributed by atoms with van der Waals surface area (Å²) in [5.41, 5.74) is 0. The Morgan fingerprint density at radius 3 is 2.14 bits per heavy atom. The maximum Gasteiger partial charge on any atom is 0.302 e. The van der Waals surface area contributed by atoms with E-state index in [4.69, 9.17) is 0 Å². The molecule has 0 atom stereocenters. The van der Waals surface area contributed by atoms with Gasteiger partial charge in [-0.05, 0) is 6.92 Å². The molecule has 38 valence electrons. The molecule has 0 radical (unpaired) electrons. The molecule has 2 nitrogen and oxygen atoms in total. The van der Waals surface area contributed by atoms with Crippen LogP contribution in [-0.4, -0.2) is 12.6 Å². The SMILES string of the molecule is CCOC(C)=O.[Cd]. The quantitative estimate of drug-likeness (QED) is 0.457. The third kappa shape index (κ3) is 10.7. The van der Waals surface area contributed by atoms with Gasteiger partial charge in [-0.3, -0.25) is 4.79 Å². The summed E-state index contributed by atoms with van der Waals surface area (Å²) in [5.74, 6) is -0.211. The van der Waals surface area contributed by atoms with Gasteiger partial charge >= 0.3 is 5.97 Å². The van der Waals surface area contributed by atoms with Crippen LogP contribution in [0.2, 0.25) is 0 Å². The zero-order valence-corrected chi connectivity index (χ0v) is 8.77. The zero-order valence-electron chi connectivity index (χ0n) is 4.73. The third-order valence-corrected chi connectivity index (χ3v) is 0.348. The number of rotatable bonds is 1. The van der Waals surface area contributed by atoms with Crippen molar-refractivity contribution < 1.29 is 36.8 Å². The molecule has 0 amide bonds. The molecule has 0 rings (SSSR count).